The molecule has 194 valence electrons. The smallest absolute Gasteiger partial charge is 0.105 e. The van der Waals surface area contributed by atoms with Gasteiger partial charge < -0.3 is 9.97 Å². The Hall–Kier alpha value is 0.599. The Morgan fingerprint density at radius 3 is 0.865 bits per heavy atom. The summed E-state index contributed by atoms with van der Waals surface area (Å²) < 4.78 is 0. The van der Waals surface area contributed by atoms with E-state index < -0.39 is 0 Å². The van der Waals surface area contributed by atoms with E-state index in [9.17, 15) is 0 Å². The Balaban J connectivity index is 0.00000320. The quantitative estimate of drug-likeness (QED) is 0.223. The molecule has 0 spiro atoms. The fraction of sp³-hybridized carbons (Fsp3) is 0. The summed E-state index contributed by atoms with van der Waals surface area (Å²) in [6, 6.07) is 0. The zero-order valence-electron chi connectivity index (χ0n) is 16.8. The summed E-state index contributed by atoms with van der Waals surface area (Å²) >= 11 is 78.2. The average Bonchev–Trinajstić information content (AvgIpc) is 3.52. The van der Waals surface area contributed by atoms with Crippen LogP contribution in [0.1, 0.15) is 22.8 Å². The van der Waals surface area contributed by atoms with Crippen LogP contribution in [-0.2, 0) is 17.1 Å². The summed E-state index contributed by atoms with van der Waals surface area (Å²) in [5, 5.41) is -0.0513. The maximum atomic E-state index is 6.66. The van der Waals surface area contributed by atoms with Crippen molar-refractivity contribution in [1.82, 2.24) is 19.9 Å². The van der Waals surface area contributed by atoms with Crippen molar-refractivity contribution in [3.63, 3.8) is 0 Å². The van der Waals surface area contributed by atoms with E-state index in [4.69, 9.17) is 139 Å². The monoisotopic (exact) mass is 774 g/mol. The molecule has 3 aromatic heterocycles. The summed E-state index contributed by atoms with van der Waals surface area (Å²) in [6.07, 6.45) is 0. The Kier molecular flexibility index (Phi) is 9.18. The number of fused-ring (bicyclic) bond motifs is 8. The first-order chi connectivity index (χ1) is 16.9. The van der Waals surface area contributed by atoms with Crippen LogP contribution in [-0.4, -0.2) is 19.9 Å². The van der Waals surface area contributed by atoms with E-state index in [0.717, 1.165) is 0 Å². The molecule has 0 atom stereocenters. The molecule has 2 aliphatic heterocycles. The predicted molar refractivity (Wildman–Crippen MR) is 158 cm³/mol. The Morgan fingerprint density at radius 2 is 0.568 bits per heavy atom. The van der Waals surface area contributed by atoms with Gasteiger partial charge in [-0.15, -0.1) is 0 Å². The number of nitrogens with zero attached hydrogens (tertiary/aromatic N) is 2. The number of nitrogens with one attached hydrogen (secondary N) is 2. The van der Waals surface area contributed by atoms with Gasteiger partial charge in [0.25, 0.3) is 0 Å². The summed E-state index contributed by atoms with van der Waals surface area (Å²) in [4.78, 5) is 14.7. The zero-order valence-corrected chi connectivity index (χ0v) is 27.0. The Morgan fingerprint density at radius 1 is 0.324 bits per heavy atom. The van der Waals surface area contributed by atoms with Crippen LogP contribution in [0, 0.1) is 0 Å². The van der Waals surface area contributed by atoms with Crippen LogP contribution in [0.3, 0.4) is 0 Å². The van der Waals surface area contributed by atoms with Crippen LogP contribution in [0.5, 0.6) is 0 Å². The van der Waals surface area contributed by atoms with Crippen molar-refractivity contribution in [2.75, 3.05) is 0 Å². The number of aromatic nitrogens is 4. The van der Waals surface area contributed by atoms with Gasteiger partial charge in [0, 0.05) is 17.1 Å². The predicted octanol–water partition coefficient (Wildman–Crippen LogP) is 12.1. The van der Waals surface area contributed by atoms with Gasteiger partial charge in [-0.05, 0) is 0 Å². The molecule has 0 saturated heterocycles. The third-order valence-electron chi connectivity index (χ3n) is 5.14. The standard InChI is InChI=1S/C20H2Cl12N4.Fe/c21-1-2(22)14-10(30)16-5(25)6(26)18(35-16)12(32)20-8(28)7(27)19(36-20)11(31)17-4(24)3(23)15(34-17)9(29)13(1)33-14;/h33-34H;. The van der Waals surface area contributed by atoms with E-state index in [1.807, 2.05) is 0 Å². The van der Waals surface area contributed by atoms with E-state index in [0.29, 0.717) is 0 Å². The molecule has 0 saturated carbocycles. The van der Waals surface area contributed by atoms with Crippen molar-refractivity contribution in [2.45, 2.75) is 0 Å². The summed E-state index contributed by atoms with van der Waals surface area (Å²) in [5.74, 6) is 0. The zero-order chi connectivity index (χ0) is 26.4. The van der Waals surface area contributed by atoms with E-state index >= 15 is 0 Å². The van der Waals surface area contributed by atoms with Crippen LogP contribution in [0.2, 0.25) is 40.2 Å². The van der Waals surface area contributed by atoms with Crippen LogP contribution in [0.4, 0.5) is 0 Å². The maximum absolute atomic E-state index is 6.66. The number of hydrogen-bond donors (Lipinski definition) is 2. The van der Waals surface area contributed by atoms with Gasteiger partial charge in [-0.1, -0.05) is 139 Å². The molecule has 0 fully saturated rings. The molecule has 0 aromatic carbocycles. The van der Waals surface area contributed by atoms with Gasteiger partial charge in [-0.25, -0.2) is 9.97 Å². The number of rotatable bonds is 0. The molecule has 0 aliphatic carbocycles. The molecule has 0 unspecified atom stereocenters. The second kappa shape index (κ2) is 11.1. The van der Waals surface area contributed by atoms with Gasteiger partial charge in [0.15, 0.2) is 0 Å². The number of H-pyrrole nitrogens is 2. The second-order valence-electron chi connectivity index (χ2n) is 7.14. The van der Waals surface area contributed by atoms with E-state index in [2.05, 4.69) is 19.9 Å². The molecular weight excluding hydrogens is 778 g/mol. The molecule has 37 heavy (non-hydrogen) atoms. The summed E-state index contributed by atoms with van der Waals surface area (Å²) in [6.45, 7) is 0. The van der Waals surface area contributed by atoms with Gasteiger partial charge in [-0.3, -0.25) is 0 Å². The molecule has 2 N–H and O–H groups in total. The topological polar surface area (TPSA) is 57.4 Å². The SMILES string of the molecule is ClC1=C(Cl)c2nc1c(Cl)c1nc(c(Cl)c3[nH]c(c(Cl)c3Cl)c(Cl)c3[nH]c(c2Cl)c(Cl)c3Cl)C(Cl)=C1Cl.[Fe]. The van der Waals surface area contributed by atoms with Gasteiger partial charge in [0.2, 0.25) is 0 Å². The van der Waals surface area contributed by atoms with Crippen molar-refractivity contribution in [1.29, 1.82) is 0 Å². The van der Waals surface area contributed by atoms with E-state index in [-0.39, 0.29) is 122 Å². The largest absolute Gasteiger partial charge is 0.350 e. The van der Waals surface area contributed by atoms with Crippen molar-refractivity contribution in [2.24, 2.45) is 0 Å². The van der Waals surface area contributed by atoms with E-state index in [1.54, 1.807) is 0 Å². The molecule has 0 radical (unpaired) electrons. The summed E-state index contributed by atoms with van der Waals surface area (Å²) in [5.41, 5.74) is 0.791. The third kappa shape index (κ3) is 4.70. The summed E-state index contributed by atoms with van der Waals surface area (Å²) in [7, 11) is 0. The number of aromatic amines is 2. The minimum absolute atomic E-state index is 0. The maximum Gasteiger partial charge on any atom is 0.105 e. The fourth-order valence-corrected chi connectivity index (χ4v) is 6.76. The van der Waals surface area contributed by atoms with Gasteiger partial charge in [-0.2, -0.15) is 0 Å². The third-order valence-corrected chi connectivity index (χ3v) is 9.98. The minimum Gasteiger partial charge on any atom is -0.350 e. The average molecular weight is 780 g/mol. The molecule has 4 nitrogen and oxygen atoms in total. The molecule has 5 heterocycles. The van der Waals surface area contributed by atoms with Gasteiger partial charge in [0.05, 0.1) is 82.4 Å². The van der Waals surface area contributed by atoms with Crippen molar-refractivity contribution in [3.05, 3.63) is 63.0 Å². The normalized spacial score (nSPS) is 13.5. The molecule has 17 heteroatoms. The van der Waals surface area contributed by atoms with Gasteiger partial charge >= 0.3 is 0 Å². The fourth-order valence-electron chi connectivity index (χ4n) is 3.40. The molecule has 2 aliphatic rings. The number of halogens is 12. The van der Waals surface area contributed by atoms with Crippen LogP contribution in [0.15, 0.2) is 0 Å². The first-order valence-electron chi connectivity index (χ1n) is 9.16. The van der Waals surface area contributed by atoms with Gasteiger partial charge in [0.1, 0.15) is 22.8 Å². The molecule has 5 rings (SSSR count). The number of hydrogen-bond acceptors (Lipinski definition) is 2. The van der Waals surface area contributed by atoms with Crippen molar-refractivity contribution < 1.29 is 17.1 Å². The van der Waals surface area contributed by atoms with E-state index in [1.165, 1.54) is 0 Å². The van der Waals surface area contributed by atoms with Crippen LogP contribution in [0.25, 0.3) is 42.2 Å². The molecular formula is C20H2Cl12FeN4. The minimum atomic E-state index is -0.0729. The van der Waals surface area contributed by atoms with Crippen molar-refractivity contribution in [3.8, 4) is 0 Å². The van der Waals surface area contributed by atoms with Crippen molar-refractivity contribution >= 4 is 181 Å². The first kappa shape index (κ1) is 30.6. The molecule has 3 aromatic rings. The Bertz CT molecular complexity index is 1640. The Labute approximate surface area is 278 Å². The molecule has 8 bridgehead atoms. The first-order valence-corrected chi connectivity index (χ1v) is 13.7. The second-order valence-corrected chi connectivity index (χ2v) is 11.7. The van der Waals surface area contributed by atoms with Crippen LogP contribution < -0.4 is 0 Å². The van der Waals surface area contributed by atoms with Crippen LogP contribution >= 0.6 is 139 Å². The molecule has 0 amide bonds.